The molecule has 4 heteroatoms. The van der Waals surface area contributed by atoms with Crippen molar-refractivity contribution in [1.29, 1.82) is 0 Å². The third kappa shape index (κ3) is 4.05. The van der Waals surface area contributed by atoms with Crippen LogP contribution in [0.2, 0.25) is 0 Å². The molecule has 0 saturated carbocycles. The highest BCUT2D eigenvalue weighted by atomic mass is 32.2. The molecule has 3 nitrogen and oxygen atoms in total. The first-order valence-corrected chi connectivity index (χ1v) is 6.14. The smallest absolute Gasteiger partial charge is 0.125 e. The lowest BCUT2D eigenvalue weighted by Gasteiger charge is -2.09. The fraction of sp³-hybridized carbons (Fsp3) is 0.333. The standard InChI is InChI=1S/C12H15NO2S/c1-4-9-13-16(14)12-7-5-11(6-8-12)15-10(2)3/h1,5-8,10,13H,9H2,2-3H3. The molecule has 0 saturated heterocycles. The molecule has 0 aliphatic rings. The summed E-state index contributed by atoms with van der Waals surface area (Å²) in [7, 11) is -1.25. The molecule has 1 aromatic rings. The van der Waals surface area contributed by atoms with Crippen LogP contribution in [-0.4, -0.2) is 16.9 Å². The van der Waals surface area contributed by atoms with Crippen molar-refractivity contribution < 1.29 is 8.95 Å². The highest BCUT2D eigenvalue weighted by molar-refractivity contribution is 7.83. The van der Waals surface area contributed by atoms with Gasteiger partial charge in [0.2, 0.25) is 0 Å². The zero-order valence-electron chi connectivity index (χ0n) is 9.40. The Morgan fingerprint density at radius 3 is 2.56 bits per heavy atom. The Balaban J connectivity index is 2.64. The van der Waals surface area contributed by atoms with E-state index in [-0.39, 0.29) is 12.6 Å². The molecule has 1 unspecified atom stereocenters. The molecule has 16 heavy (non-hydrogen) atoms. The normalized spacial score (nSPS) is 12.1. The molecule has 0 spiro atoms. The maximum Gasteiger partial charge on any atom is 0.125 e. The Labute approximate surface area is 98.8 Å². The topological polar surface area (TPSA) is 38.3 Å². The minimum absolute atomic E-state index is 0.135. The van der Waals surface area contributed by atoms with Crippen molar-refractivity contribution in [1.82, 2.24) is 4.72 Å². The van der Waals surface area contributed by atoms with Gasteiger partial charge < -0.3 is 4.74 Å². The van der Waals surface area contributed by atoms with E-state index in [9.17, 15) is 4.21 Å². The third-order valence-electron chi connectivity index (χ3n) is 1.71. The van der Waals surface area contributed by atoms with Crippen LogP contribution in [-0.2, 0) is 11.0 Å². The maximum atomic E-state index is 11.6. The Bertz CT molecular complexity index is 392. The van der Waals surface area contributed by atoms with E-state index in [1.807, 2.05) is 13.8 Å². The van der Waals surface area contributed by atoms with Crippen LogP contribution in [0.3, 0.4) is 0 Å². The van der Waals surface area contributed by atoms with Crippen LogP contribution in [0.1, 0.15) is 13.8 Å². The molecule has 0 aliphatic heterocycles. The van der Waals surface area contributed by atoms with Gasteiger partial charge in [-0.3, -0.25) is 0 Å². The highest BCUT2D eigenvalue weighted by Gasteiger charge is 2.03. The molecule has 0 aliphatic carbocycles. The van der Waals surface area contributed by atoms with Crippen molar-refractivity contribution >= 4 is 11.0 Å². The predicted octanol–water partition coefficient (Wildman–Crippen LogP) is 1.72. The van der Waals surface area contributed by atoms with Gasteiger partial charge in [-0.05, 0) is 38.1 Å². The molecule has 1 atom stereocenters. The molecule has 0 amide bonds. The van der Waals surface area contributed by atoms with E-state index < -0.39 is 11.0 Å². The molecule has 0 heterocycles. The molecule has 0 fully saturated rings. The fourth-order valence-electron chi connectivity index (χ4n) is 1.10. The number of nitrogens with one attached hydrogen (secondary N) is 1. The summed E-state index contributed by atoms with van der Waals surface area (Å²) in [6.07, 6.45) is 5.20. The highest BCUT2D eigenvalue weighted by Crippen LogP contribution is 2.15. The molecule has 86 valence electrons. The summed E-state index contributed by atoms with van der Waals surface area (Å²) in [6, 6.07) is 7.12. The maximum absolute atomic E-state index is 11.6. The van der Waals surface area contributed by atoms with Gasteiger partial charge in [-0.15, -0.1) is 6.42 Å². The van der Waals surface area contributed by atoms with Crippen LogP contribution in [0.5, 0.6) is 5.75 Å². The Morgan fingerprint density at radius 1 is 1.44 bits per heavy atom. The largest absolute Gasteiger partial charge is 0.491 e. The molecule has 0 aromatic heterocycles. The van der Waals surface area contributed by atoms with Gasteiger partial charge in [0, 0.05) is 0 Å². The van der Waals surface area contributed by atoms with Gasteiger partial charge in [0.05, 0.1) is 17.5 Å². The average Bonchev–Trinajstić information content (AvgIpc) is 2.26. The Hall–Kier alpha value is -1.31. The predicted molar refractivity (Wildman–Crippen MR) is 65.5 cm³/mol. The average molecular weight is 237 g/mol. The second kappa shape index (κ2) is 6.31. The molecular weight excluding hydrogens is 222 g/mol. The minimum Gasteiger partial charge on any atom is -0.491 e. The molecule has 1 N–H and O–H groups in total. The monoisotopic (exact) mass is 237 g/mol. The minimum atomic E-state index is -1.25. The molecule has 1 rings (SSSR count). The first-order valence-electron chi connectivity index (χ1n) is 4.99. The number of hydrogen-bond acceptors (Lipinski definition) is 2. The van der Waals surface area contributed by atoms with Gasteiger partial charge in [0.15, 0.2) is 0 Å². The van der Waals surface area contributed by atoms with Crippen molar-refractivity contribution in [2.45, 2.75) is 24.8 Å². The van der Waals surface area contributed by atoms with Crippen LogP contribution in [0.15, 0.2) is 29.2 Å². The van der Waals surface area contributed by atoms with Crippen LogP contribution >= 0.6 is 0 Å². The van der Waals surface area contributed by atoms with Gasteiger partial charge in [0.25, 0.3) is 0 Å². The SMILES string of the molecule is C#CCNS(=O)c1ccc(OC(C)C)cc1. The first kappa shape index (κ1) is 12.8. The summed E-state index contributed by atoms with van der Waals surface area (Å²) >= 11 is 0. The summed E-state index contributed by atoms with van der Waals surface area (Å²) in [5.74, 6) is 3.15. The lowest BCUT2D eigenvalue weighted by Crippen LogP contribution is -2.17. The van der Waals surface area contributed by atoms with Gasteiger partial charge in [-0.2, -0.15) is 0 Å². The van der Waals surface area contributed by atoms with Crippen LogP contribution in [0, 0.1) is 12.3 Å². The third-order valence-corrected chi connectivity index (χ3v) is 2.82. The van der Waals surface area contributed by atoms with Crippen LogP contribution in [0.4, 0.5) is 0 Å². The van der Waals surface area contributed by atoms with Crippen molar-refractivity contribution in [2.75, 3.05) is 6.54 Å². The van der Waals surface area contributed by atoms with Crippen molar-refractivity contribution in [2.24, 2.45) is 0 Å². The molecule has 1 aromatic carbocycles. The first-order chi connectivity index (χ1) is 7.63. The van der Waals surface area contributed by atoms with Gasteiger partial charge in [0.1, 0.15) is 16.7 Å². The van der Waals surface area contributed by atoms with Gasteiger partial charge >= 0.3 is 0 Å². The van der Waals surface area contributed by atoms with Crippen LogP contribution < -0.4 is 9.46 Å². The number of hydrogen-bond donors (Lipinski definition) is 1. The molecular formula is C12H15NO2S. The summed E-state index contributed by atoms with van der Waals surface area (Å²) in [5, 5.41) is 0. The summed E-state index contributed by atoms with van der Waals surface area (Å²) < 4.78 is 19.8. The summed E-state index contributed by atoms with van der Waals surface area (Å²) in [4.78, 5) is 0.686. The van der Waals surface area contributed by atoms with E-state index >= 15 is 0 Å². The van der Waals surface area contributed by atoms with Gasteiger partial charge in [-0.25, -0.2) is 8.93 Å². The van der Waals surface area contributed by atoms with Crippen LogP contribution in [0.25, 0.3) is 0 Å². The van der Waals surface area contributed by atoms with Crippen molar-refractivity contribution in [3.05, 3.63) is 24.3 Å². The van der Waals surface area contributed by atoms with Crippen molar-refractivity contribution in [3.63, 3.8) is 0 Å². The number of rotatable bonds is 5. The quantitative estimate of drug-likeness (QED) is 0.792. The van der Waals surface area contributed by atoms with E-state index in [1.54, 1.807) is 24.3 Å². The van der Waals surface area contributed by atoms with E-state index in [4.69, 9.17) is 11.2 Å². The Morgan fingerprint density at radius 2 is 2.06 bits per heavy atom. The Kier molecular flexibility index (Phi) is 5.03. The molecule has 0 bridgehead atoms. The summed E-state index contributed by atoms with van der Waals surface area (Å²) in [6.45, 7) is 4.21. The lowest BCUT2D eigenvalue weighted by atomic mass is 10.3. The zero-order valence-corrected chi connectivity index (χ0v) is 10.2. The van der Waals surface area contributed by atoms with E-state index in [0.717, 1.165) is 5.75 Å². The second-order valence-electron chi connectivity index (χ2n) is 3.43. The van der Waals surface area contributed by atoms with E-state index in [0.29, 0.717) is 4.90 Å². The fourth-order valence-corrected chi connectivity index (χ4v) is 1.87. The zero-order chi connectivity index (χ0) is 12.0. The number of terminal acetylenes is 1. The van der Waals surface area contributed by atoms with E-state index in [2.05, 4.69) is 10.6 Å². The second-order valence-corrected chi connectivity index (χ2v) is 4.73. The number of benzene rings is 1. The number of ether oxygens (including phenoxy) is 1. The van der Waals surface area contributed by atoms with Gasteiger partial charge in [-0.1, -0.05) is 5.92 Å². The molecule has 0 radical (unpaired) electrons. The van der Waals surface area contributed by atoms with Crippen molar-refractivity contribution in [3.8, 4) is 18.1 Å². The van der Waals surface area contributed by atoms with E-state index in [1.165, 1.54) is 0 Å². The summed E-state index contributed by atoms with van der Waals surface area (Å²) in [5.41, 5.74) is 0. The lowest BCUT2D eigenvalue weighted by molar-refractivity contribution is 0.242.